The van der Waals surface area contributed by atoms with Crippen LogP contribution >= 0.6 is 0 Å². The zero-order valence-corrected chi connectivity index (χ0v) is 9.88. The first kappa shape index (κ1) is 13.0. The molecule has 1 rings (SSSR count). The highest BCUT2D eigenvalue weighted by Crippen LogP contribution is 2.30. The van der Waals surface area contributed by atoms with Gasteiger partial charge in [0.15, 0.2) is 0 Å². The third kappa shape index (κ3) is 2.72. The number of carboxylic acids is 1. The number of carbonyl (C=O) groups excluding carboxylic acids is 1. The van der Waals surface area contributed by atoms with E-state index in [0.717, 1.165) is 12.8 Å². The molecule has 5 nitrogen and oxygen atoms in total. The minimum Gasteiger partial charge on any atom is -0.480 e. The van der Waals surface area contributed by atoms with E-state index in [2.05, 4.69) is 10.6 Å². The highest BCUT2D eigenvalue weighted by molar-refractivity contribution is 5.84. The summed E-state index contributed by atoms with van der Waals surface area (Å²) in [7, 11) is 0. The van der Waals surface area contributed by atoms with Crippen LogP contribution in [0, 0.1) is 0 Å². The topological polar surface area (TPSA) is 78.4 Å². The summed E-state index contributed by atoms with van der Waals surface area (Å²) in [6.45, 7) is 4.10. The highest BCUT2D eigenvalue weighted by Gasteiger charge is 2.42. The predicted molar refractivity (Wildman–Crippen MR) is 60.1 cm³/mol. The van der Waals surface area contributed by atoms with E-state index in [1.54, 1.807) is 6.92 Å². The SMILES string of the molecule is CCNC(=O)C(C)NC1(C(=O)O)CCCC1. The lowest BCUT2D eigenvalue weighted by atomic mass is 9.96. The highest BCUT2D eigenvalue weighted by atomic mass is 16.4. The van der Waals surface area contributed by atoms with E-state index in [4.69, 9.17) is 0 Å². The standard InChI is InChI=1S/C11H20N2O3/c1-3-12-9(14)8(2)13-11(10(15)16)6-4-5-7-11/h8,13H,3-7H2,1-2H3,(H,12,14)(H,15,16). The van der Waals surface area contributed by atoms with Crippen LogP contribution in [0.3, 0.4) is 0 Å². The Balaban J connectivity index is 2.62. The number of aliphatic carboxylic acids is 1. The monoisotopic (exact) mass is 228 g/mol. The Morgan fingerprint density at radius 2 is 1.94 bits per heavy atom. The van der Waals surface area contributed by atoms with Crippen molar-refractivity contribution in [2.24, 2.45) is 0 Å². The van der Waals surface area contributed by atoms with Crippen molar-refractivity contribution in [2.75, 3.05) is 6.54 Å². The molecule has 0 aromatic rings. The van der Waals surface area contributed by atoms with Crippen molar-refractivity contribution in [3.63, 3.8) is 0 Å². The van der Waals surface area contributed by atoms with Crippen molar-refractivity contribution < 1.29 is 14.7 Å². The lowest BCUT2D eigenvalue weighted by Gasteiger charge is -2.28. The first-order chi connectivity index (χ1) is 7.52. The Hall–Kier alpha value is -1.10. The maximum atomic E-state index is 11.5. The van der Waals surface area contributed by atoms with E-state index in [-0.39, 0.29) is 5.91 Å². The van der Waals surface area contributed by atoms with Gasteiger partial charge in [-0.05, 0) is 26.7 Å². The number of carbonyl (C=O) groups is 2. The maximum Gasteiger partial charge on any atom is 0.323 e. The van der Waals surface area contributed by atoms with Crippen LogP contribution in [-0.4, -0.2) is 35.1 Å². The fraction of sp³-hybridized carbons (Fsp3) is 0.818. The molecule has 1 fully saturated rings. The molecule has 1 aliphatic carbocycles. The number of amides is 1. The van der Waals surface area contributed by atoms with Gasteiger partial charge in [-0.25, -0.2) is 0 Å². The Morgan fingerprint density at radius 1 is 1.38 bits per heavy atom. The Kier molecular flexibility index (Phi) is 4.29. The molecule has 0 aromatic carbocycles. The number of hydrogen-bond acceptors (Lipinski definition) is 3. The van der Waals surface area contributed by atoms with E-state index >= 15 is 0 Å². The van der Waals surface area contributed by atoms with Gasteiger partial charge in [0.1, 0.15) is 5.54 Å². The zero-order chi connectivity index (χ0) is 12.2. The molecule has 1 atom stereocenters. The zero-order valence-electron chi connectivity index (χ0n) is 9.88. The number of hydrogen-bond donors (Lipinski definition) is 3. The third-order valence-electron chi connectivity index (χ3n) is 3.10. The Bertz CT molecular complexity index is 272. The summed E-state index contributed by atoms with van der Waals surface area (Å²) < 4.78 is 0. The van der Waals surface area contributed by atoms with Gasteiger partial charge in [0.05, 0.1) is 6.04 Å². The summed E-state index contributed by atoms with van der Waals surface area (Å²) in [5.74, 6) is -0.990. The van der Waals surface area contributed by atoms with Crippen molar-refractivity contribution in [3.05, 3.63) is 0 Å². The van der Waals surface area contributed by atoms with E-state index in [0.29, 0.717) is 19.4 Å². The molecule has 1 saturated carbocycles. The van der Waals surface area contributed by atoms with Crippen LogP contribution < -0.4 is 10.6 Å². The van der Waals surface area contributed by atoms with Gasteiger partial charge in [-0.1, -0.05) is 12.8 Å². The van der Waals surface area contributed by atoms with Gasteiger partial charge in [-0.15, -0.1) is 0 Å². The van der Waals surface area contributed by atoms with Gasteiger partial charge in [0, 0.05) is 6.54 Å². The summed E-state index contributed by atoms with van der Waals surface area (Å²) >= 11 is 0. The van der Waals surface area contributed by atoms with Gasteiger partial charge in [-0.2, -0.15) is 0 Å². The van der Waals surface area contributed by atoms with Crippen LogP contribution in [0.15, 0.2) is 0 Å². The van der Waals surface area contributed by atoms with Gasteiger partial charge in [0.25, 0.3) is 0 Å². The van der Waals surface area contributed by atoms with Crippen LogP contribution in [0.1, 0.15) is 39.5 Å². The lowest BCUT2D eigenvalue weighted by molar-refractivity contribution is -0.145. The summed E-state index contributed by atoms with van der Waals surface area (Å²) in [6, 6.07) is -0.464. The molecule has 0 heterocycles. The predicted octanol–water partition coefficient (Wildman–Crippen LogP) is 0.498. The number of carboxylic acid groups (broad SMARTS) is 1. The second-order valence-electron chi connectivity index (χ2n) is 4.35. The number of likely N-dealkylation sites (N-methyl/N-ethyl adjacent to an activating group) is 1. The Labute approximate surface area is 95.6 Å². The molecule has 3 N–H and O–H groups in total. The Morgan fingerprint density at radius 3 is 2.38 bits per heavy atom. The van der Waals surface area contributed by atoms with Crippen LogP contribution in [0.25, 0.3) is 0 Å². The molecule has 5 heteroatoms. The molecule has 92 valence electrons. The second kappa shape index (κ2) is 5.30. The van der Waals surface area contributed by atoms with E-state index in [1.165, 1.54) is 0 Å². The van der Waals surface area contributed by atoms with Gasteiger partial charge in [-0.3, -0.25) is 14.9 Å². The van der Waals surface area contributed by atoms with Crippen molar-refractivity contribution >= 4 is 11.9 Å². The fourth-order valence-corrected chi connectivity index (χ4v) is 2.21. The largest absolute Gasteiger partial charge is 0.480 e. The molecule has 0 spiro atoms. The molecular weight excluding hydrogens is 208 g/mol. The second-order valence-corrected chi connectivity index (χ2v) is 4.35. The van der Waals surface area contributed by atoms with Crippen molar-refractivity contribution in [1.82, 2.24) is 10.6 Å². The van der Waals surface area contributed by atoms with E-state index < -0.39 is 17.6 Å². The molecule has 1 aliphatic rings. The van der Waals surface area contributed by atoms with Crippen molar-refractivity contribution in [1.29, 1.82) is 0 Å². The maximum absolute atomic E-state index is 11.5. The van der Waals surface area contributed by atoms with Crippen molar-refractivity contribution in [3.8, 4) is 0 Å². The molecule has 0 bridgehead atoms. The van der Waals surface area contributed by atoms with Crippen LogP contribution in [0.5, 0.6) is 0 Å². The smallest absolute Gasteiger partial charge is 0.323 e. The molecule has 16 heavy (non-hydrogen) atoms. The van der Waals surface area contributed by atoms with Gasteiger partial charge < -0.3 is 10.4 Å². The minimum absolute atomic E-state index is 0.143. The van der Waals surface area contributed by atoms with Gasteiger partial charge in [0.2, 0.25) is 5.91 Å². The van der Waals surface area contributed by atoms with Crippen LogP contribution in [-0.2, 0) is 9.59 Å². The average molecular weight is 228 g/mol. The van der Waals surface area contributed by atoms with E-state index in [9.17, 15) is 14.7 Å². The summed E-state index contributed by atoms with van der Waals surface area (Å²) in [5, 5.41) is 14.9. The molecule has 0 radical (unpaired) electrons. The first-order valence-electron chi connectivity index (χ1n) is 5.80. The average Bonchev–Trinajstić information content (AvgIpc) is 2.68. The van der Waals surface area contributed by atoms with Crippen LogP contribution in [0.4, 0.5) is 0 Å². The molecule has 0 saturated heterocycles. The molecular formula is C11H20N2O3. The molecule has 1 amide bonds. The van der Waals surface area contributed by atoms with Crippen molar-refractivity contribution in [2.45, 2.75) is 51.1 Å². The molecule has 1 unspecified atom stereocenters. The summed E-state index contributed by atoms with van der Waals surface area (Å²) in [4.78, 5) is 22.8. The van der Waals surface area contributed by atoms with E-state index in [1.807, 2.05) is 6.92 Å². The first-order valence-corrected chi connectivity index (χ1v) is 5.80. The fourth-order valence-electron chi connectivity index (χ4n) is 2.21. The molecule has 0 aromatic heterocycles. The number of rotatable bonds is 5. The summed E-state index contributed by atoms with van der Waals surface area (Å²) in [6.07, 6.45) is 3.01. The van der Waals surface area contributed by atoms with Crippen LogP contribution in [0.2, 0.25) is 0 Å². The lowest BCUT2D eigenvalue weighted by Crippen LogP contribution is -2.57. The molecule has 0 aliphatic heterocycles. The quantitative estimate of drug-likeness (QED) is 0.640. The number of nitrogens with one attached hydrogen (secondary N) is 2. The normalized spacial score (nSPS) is 20.4. The summed E-state index contributed by atoms with van der Waals surface area (Å²) in [5.41, 5.74) is -0.898. The third-order valence-corrected chi connectivity index (χ3v) is 3.10. The minimum atomic E-state index is -0.898. The van der Waals surface area contributed by atoms with Gasteiger partial charge >= 0.3 is 5.97 Å².